The van der Waals surface area contributed by atoms with Gasteiger partial charge in [-0.2, -0.15) is 0 Å². The van der Waals surface area contributed by atoms with Gasteiger partial charge in [-0.1, -0.05) is 77.3 Å². The zero-order valence-electron chi connectivity index (χ0n) is 23.3. The lowest BCUT2D eigenvalue weighted by molar-refractivity contribution is -0.139. The Balaban J connectivity index is 2.04. The summed E-state index contributed by atoms with van der Waals surface area (Å²) >= 11 is 9.83. The van der Waals surface area contributed by atoms with Gasteiger partial charge in [-0.3, -0.25) is 13.9 Å². The fourth-order valence-electron chi connectivity index (χ4n) is 3.97. The second-order valence-electron chi connectivity index (χ2n) is 10.2. The van der Waals surface area contributed by atoms with E-state index in [1.54, 1.807) is 31.2 Å². The van der Waals surface area contributed by atoms with Gasteiger partial charge in [0.05, 0.1) is 10.6 Å². The monoisotopic (exact) mass is 647 g/mol. The highest BCUT2D eigenvalue weighted by Gasteiger charge is 2.32. The number of nitrogens with one attached hydrogen (secondary N) is 1. The van der Waals surface area contributed by atoms with Crippen LogP contribution in [0.3, 0.4) is 0 Å². The van der Waals surface area contributed by atoms with E-state index in [1.165, 1.54) is 23.1 Å². The van der Waals surface area contributed by atoms with E-state index in [0.717, 1.165) is 25.5 Å². The van der Waals surface area contributed by atoms with E-state index >= 15 is 0 Å². The Kier molecular flexibility index (Phi) is 10.8. The molecule has 0 aliphatic rings. The van der Waals surface area contributed by atoms with E-state index in [9.17, 15) is 18.0 Å². The third-order valence-electron chi connectivity index (χ3n) is 6.43. The van der Waals surface area contributed by atoms with Crippen LogP contribution in [0.15, 0.2) is 76.1 Å². The van der Waals surface area contributed by atoms with Gasteiger partial charge in [-0.15, -0.1) is 0 Å². The number of nitrogens with zero attached hydrogens (tertiary/aromatic N) is 2. The van der Waals surface area contributed by atoms with Gasteiger partial charge in [0.15, 0.2) is 0 Å². The number of carbonyl (C=O) groups excluding carboxylic acids is 2. The number of amides is 2. The first-order valence-electron chi connectivity index (χ1n) is 13.0. The van der Waals surface area contributed by atoms with Crippen LogP contribution in [0, 0.1) is 19.8 Å². The van der Waals surface area contributed by atoms with Gasteiger partial charge in [-0.05, 0) is 74.2 Å². The largest absolute Gasteiger partial charge is 0.354 e. The highest BCUT2D eigenvalue weighted by atomic mass is 79.9. The molecule has 214 valence electrons. The molecule has 3 aromatic rings. The van der Waals surface area contributed by atoms with Crippen molar-refractivity contribution in [2.24, 2.45) is 5.92 Å². The van der Waals surface area contributed by atoms with Gasteiger partial charge in [0.1, 0.15) is 12.6 Å². The highest BCUT2D eigenvalue weighted by Crippen LogP contribution is 2.29. The summed E-state index contributed by atoms with van der Waals surface area (Å²) in [7, 11) is -4.16. The Morgan fingerprint density at radius 3 is 2.25 bits per heavy atom. The standard InChI is InChI=1S/C30H35BrClN3O4S/c1-20(2)17-33-30(37)23(5)34(18-24-7-6-8-25(31)15-24)29(36)19-35(26-12-11-22(4)28(32)16-26)40(38,39)27-13-9-21(3)10-14-27/h6-16,20,23H,17-19H2,1-5H3,(H,33,37)/t23-/m1/s1. The van der Waals surface area contributed by atoms with Gasteiger partial charge >= 0.3 is 0 Å². The summed E-state index contributed by atoms with van der Waals surface area (Å²) < 4.78 is 29.7. The van der Waals surface area contributed by atoms with Crippen LogP contribution in [0.2, 0.25) is 5.02 Å². The van der Waals surface area contributed by atoms with Crippen LogP contribution in [-0.2, 0) is 26.2 Å². The van der Waals surface area contributed by atoms with E-state index in [2.05, 4.69) is 21.2 Å². The number of carbonyl (C=O) groups is 2. The maximum absolute atomic E-state index is 14.0. The molecule has 1 N–H and O–H groups in total. The van der Waals surface area contributed by atoms with Gasteiger partial charge in [0.25, 0.3) is 10.0 Å². The maximum Gasteiger partial charge on any atom is 0.264 e. The van der Waals surface area contributed by atoms with Crippen LogP contribution < -0.4 is 9.62 Å². The Morgan fingerprint density at radius 1 is 0.975 bits per heavy atom. The van der Waals surface area contributed by atoms with E-state index in [4.69, 9.17) is 11.6 Å². The number of hydrogen-bond acceptors (Lipinski definition) is 4. The number of rotatable bonds is 11. The molecule has 0 heterocycles. The number of anilines is 1. The first kappa shape index (κ1) is 31.6. The zero-order chi connectivity index (χ0) is 29.6. The normalized spacial score (nSPS) is 12.2. The van der Waals surface area contributed by atoms with Crippen LogP contribution in [0.25, 0.3) is 0 Å². The third kappa shape index (κ3) is 8.08. The summed E-state index contributed by atoms with van der Waals surface area (Å²) in [6.07, 6.45) is 0. The quantitative estimate of drug-likeness (QED) is 0.272. The lowest BCUT2D eigenvalue weighted by Crippen LogP contribution is -2.51. The first-order chi connectivity index (χ1) is 18.8. The molecular weight excluding hydrogens is 614 g/mol. The van der Waals surface area contributed by atoms with Crippen LogP contribution >= 0.6 is 27.5 Å². The van der Waals surface area contributed by atoms with Crippen molar-refractivity contribution in [2.45, 2.75) is 52.1 Å². The highest BCUT2D eigenvalue weighted by molar-refractivity contribution is 9.10. The third-order valence-corrected chi connectivity index (χ3v) is 9.11. The molecule has 7 nitrogen and oxygen atoms in total. The van der Waals surface area contributed by atoms with Crippen LogP contribution in [-0.4, -0.2) is 44.3 Å². The van der Waals surface area contributed by atoms with Crippen molar-refractivity contribution in [2.75, 3.05) is 17.4 Å². The molecule has 3 aromatic carbocycles. The molecule has 0 aliphatic heterocycles. The molecule has 40 heavy (non-hydrogen) atoms. The average Bonchev–Trinajstić information content (AvgIpc) is 2.90. The lowest BCUT2D eigenvalue weighted by Gasteiger charge is -2.32. The molecule has 3 rings (SSSR count). The van der Waals surface area contributed by atoms with Gasteiger partial charge in [0, 0.05) is 22.6 Å². The van der Waals surface area contributed by atoms with Crippen molar-refractivity contribution < 1.29 is 18.0 Å². The Bertz CT molecular complexity index is 1460. The van der Waals surface area contributed by atoms with Crippen LogP contribution in [0.1, 0.15) is 37.5 Å². The van der Waals surface area contributed by atoms with Gasteiger partial charge < -0.3 is 10.2 Å². The number of halogens is 2. The summed E-state index contributed by atoms with van der Waals surface area (Å²) in [4.78, 5) is 28.5. The smallest absolute Gasteiger partial charge is 0.264 e. The molecule has 10 heteroatoms. The number of sulfonamides is 1. The second-order valence-corrected chi connectivity index (χ2v) is 13.4. The molecule has 0 spiro atoms. The molecule has 0 aliphatic carbocycles. The minimum Gasteiger partial charge on any atom is -0.354 e. The zero-order valence-corrected chi connectivity index (χ0v) is 26.5. The molecule has 0 saturated heterocycles. The van der Waals surface area contributed by atoms with E-state index in [0.29, 0.717) is 11.6 Å². The van der Waals surface area contributed by atoms with E-state index in [-0.39, 0.29) is 29.0 Å². The molecule has 0 fully saturated rings. The Labute approximate surface area is 250 Å². The number of hydrogen-bond donors (Lipinski definition) is 1. The predicted molar refractivity (Wildman–Crippen MR) is 164 cm³/mol. The van der Waals surface area contributed by atoms with E-state index < -0.39 is 28.5 Å². The van der Waals surface area contributed by atoms with Gasteiger partial charge in [0.2, 0.25) is 11.8 Å². The lowest BCUT2D eigenvalue weighted by atomic mass is 10.1. The summed E-state index contributed by atoms with van der Waals surface area (Å²) in [6.45, 7) is 9.33. The fraction of sp³-hybridized carbons (Fsp3) is 0.333. The van der Waals surface area contributed by atoms with Crippen molar-refractivity contribution in [3.05, 3.63) is 92.9 Å². The molecule has 0 radical (unpaired) electrons. The summed E-state index contributed by atoms with van der Waals surface area (Å²) in [5.74, 6) is -0.616. The number of aryl methyl sites for hydroxylation is 2. The minimum atomic E-state index is -4.16. The first-order valence-corrected chi connectivity index (χ1v) is 15.6. The van der Waals surface area contributed by atoms with Crippen molar-refractivity contribution in [3.63, 3.8) is 0 Å². The molecular formula is C30H35BrClN3O4S. The topological polar surface area (TPSA) is 86.8 Å². The SMILES string of the molecule is Cc1ccc(S(=O)(=O)N(CC(=O)N(Cc2cccc(Br)c2)[C@H](C)C(=O)NCC(C)C)c2ccc(C)c(Cl)c2)cc1. The summed E-state index contributed by atoms with van der Waals surface area (Å²) in [5.41, 5.74) is 2.72. The summed E-state index contributed by atoms with van der Waals surface area (Å²) in [5, 5.41) is 3.26. The number of benzene rings is 3. The van der Waals surface area contributed by atoms with Crippen molar-refractivity contribution >= 4 is 55.1 Å². The van der Waals surface area contributed by atoms with E-state index in [1.807, 2.05) is 52.0 Å². The molecule has 0 saturated carbocycles. The summed E-state index contributed by atoms with van der Waals surface area (Å²) in [6, 6.07) is 17.9. The predicted octanol–water partition coefficient (Wildman–Crippen LogP) is 6.10. The minimum absolute atomic E-state index is 0.0452. The molecule has 2 amide bonds. The Hall–Kier alpha value is -2.88. The van der Waals surface area contributed by atoms with Crippen molar-refractivity contribution in [3.8, 4) is 0 Å². The van der Waals surface area contributed by atoms with Crippen LogP contribution in [0.5, 0.6) is 0 Å². The van der Waals surface area contributed by atoms with Crippen LogP contribution in [0.4, 0.5) is 5.69 Å². The van der Waals surface area contributed by atoms with Crippen molar-refractivity contribution in [1.82, 2.24) is 10.2 Å². The second kappa shape index (κ2) is 13.7. The molecule has 0 bridgehead atoms. The average molecular weight is 649 g/mol. The van der Waals surface area contributed by atoms with Gasteiger partial charge in [-0.25, -0.2) is 8.42 Å². The fourth-order valence-corrected chi connectivity index (χ4v) is 6.00. The maximum atomic E-state index is 14.0. The molecule has 0 aromatic heterocycles. The van der Waals surface area contributed by atoms with Crippen molar-refractivity contribution in [1.29, 1.82) is 0 Å². The molecule has 0 unspecified atom stereocenters. The molecule has 1 atom stereocenters. The Morgan fingerprint density at radius 2 is 1.65 bits per heavy atom.